The second-order valence-electron chi connectivity index (χ2n) is 5.89. The Kier molecular flexibility index (Phi) is 4.89. The van der Waals surface area contributed by atoms with Crippen LogP contribution in [0.2, 0.25) is 0 Å². The maximum absolute atomic E-state index is 11.0. The molecule has 2 unspecified atom stereocenters. The molecule has 1 N–H and O–H groups in total. The first-order valence-electron chi connectivity index (χ1n) is 6.64. The van der Waals surface area contributed by atoms with Gasteiger partial charge in [0.15, 0.2) is 0 Å². The van der Waals surface area contributed by atoms with Crippen molar-refractivity contribution in [2.75, 3.05) is 29.6 Å². The predicted octanol–water partition coefficient (Wildman–Crippen LogP) is 2.41. The van der Waals surface area contributed by atoms with Gasteiger partial charge in [-0.1, -0.05) is 13.8 Å². The number of thioether (sulfide) groups is 2. The van der Waals surface area contributed by atoms with E-state index < -0.39 is 5.97 Å². The average Bonchev–Trinajstić information content (AvgIpc) is 2.29. The number of hydrogen-bond acceptors (Lipinski definition) is 4. The van der Waals surface area contributed by atoms with E-state index in [1.807, 2.05) is 23.5 Å². The molecule has 0 aromatic rings. The summed E-state index contributed by atoms with van der Waals surface area (Å²) >= 11 is 3.93. The highest BCUT2D eigenvalue weighted by atomic mass is 32.2. The van der Waals surface area contributed by atoms with Crippen LogP contribution in [0.1, 0.15) is 26.7 Å². The van der Waals surface area contributed by atoms with E-state index >= 15 is 0 Å². The van der Waals surface area contributed by atoms with Crippen molar-refractivity contribution in [2.24, 2.45) is 5.41 Å². The van der Waals surface area contributed by atoms with E-state index in [1.165, 1.54) is 12.2 Å². The van der Waals surface area contributed by atoms with Crippen molar-refractivity contribution < 1.29 is 9.90 Å². The molecule has 0 spiro atoms. The Morgan fingerprint density at radius 3 is 2.72 bits per heavy atom. The lowest BCUT2D eigenvalue weighted by Gasteiger charge is -2.49. The number of aliphatic carboxylic acids is 1. The maximum Gasteiger partial charge on any atom is 0.304 e. The molecule has 2 aliphatic rings. The third-order valence-electron chi connectivity index (χ3n) is 4.15. The summed E-state index contributed by atoms with van der Waals surface area (Å²) in [6, 6.07) is 0.769. The first-order chi connectivity index (χ1) is 8.50. The molecule has 2 aliphatic heterocycles. The van der Waals surface area contributed by atoms with Gasteiger partial charge >= 0.3 is 5.97 Å². The summed E-state index contributed by atoms with van der Waals surface area (Å²) in [6.07, 6.45) is 1.54. The van der Waals surface area contributed by atoms with Crippen molar-refractivity contribution in [1.29, 1.82) is 0 Å². The fourth-order valence-corrected chi connectivity index (χ4v) is 5.71. The molecule has 0 aromatic carbocycles. The van der Waals surface area contributed by atoms with E-state index in [-0.39, 0.29) is 6.04 Å². The number of nitrogens with zero attached hydrogens (tertiary/aromatic N) is 1. The third-order valence-corrected chi connectivity index (χ3v) is 6.29. The van der Waals surface area contributed by atoms with Crippen molar-refractivity contribution in [3.63, 3.8) is 0 Å². The average molecular weight is 289 g/mol. The van der Waals surface area contributed by atoms with Gasteiger partial charge in [-0.25, -0.2) is 0 Å². The molecule has 0 radical (unpaired) electrons. The first-order valence-corrected chi connectivity index (χ1v) is 8.94. The molecule has 2 rings (SSSR count). The van der Waals surface area contributed by atoms with E-state index in [0.717, 1.165) is 23.8 Å². The Morgan fingerprint density at radius 2 is 2.06 bits per heavy atom. The smallest absolute Gasteiger partial charge is 0.304 e. The molecule has 5 heteroatoms. The van der Waals surface area contributed by atoms with Crippen LogP contribution in [-0.2, 0) is 4.79 Å². The summed E-state index contributed by atoms with van der Waals surface area (Å²) in [5, 5.41) is 9.07. The second-order valence-corrected chi connectivity index (χ2v) is 8.19. The van der Waals surface area contributed by atoms with E-state index in [2.05, 4.69) is 18.7 Å². The molecule has 0 aliphatic carbocycles. The first kappa shape index (κ1) is 14.5. The topological polar surface area (TPSA) is 40.5 Å². The quantitative estimate of drug-likeness (QED) is 0.864. The van der Waals surface area contributed by atoms with Crippen LogP contribution in [0.15, 0.2) is 0 Å². The molecule has 3 nitrogen and oxygen atoms in total. The predicted molar refractivity (Wildman–Crippen MR) is 79.6 cm³/mol. The number of carboxylic acid groups (broad SMARTS) is 1. The minimum Gasteiger partial charge on any atom is -0.481 e. The molecular formula is C13H23NO2S2. The van der Waals surface area contributed by atoms with Gasteiger partial charge < -0.3 is 5.11 Å². The Hall–Kier alpha value is 0.130. The fraction of sp³-hybridized carbons (Fsp3) is 0.923. The van der Waals surface area contributed by atoms with Gasteiger partial charge in [0, 0.05) is 35.9 Å². The van der Waals surface area contributed by atoms with Crippen LogP contribution < -0.4 is 0 Å². The van der Waals surface area contributed by atoms with Crippen LogP contribution in [0.25, 0.3) is 0 Å². The molecular weight excluding hydrogens is 266 g/mol. The van der Waals surface area contributed by atoms with Gasteiger partial charge in [-0.2, -0.15) is 23.5 Å². The highest BCUT2D eigenvalue weighted by molar-refractivity contribution is 7.99. The largest absolute Gasteiger partial charge is 0.481 e. The van der Waals surface area contributed by atoms with Crippen LogP contribution in [0.4, 0.5) is 0 Å². The molecule has 18 heavy (non-hydrogen) atoms. The molecule has 0 bridgehead atoms. The SMILES string of the molecule is CC1(C)CCSCC1N1CCSCC1CC(=O)O. The van der Waals surface area contributed by atoms with Gasteiger partial charge in [0.2, 0.25) is 0 Å². The molecule has 0 saturated carbocycles. The molecule has 104 valence electrons. The van der Waals surface area contributed by atoms with E-state index in [1.54, 1.807) is 0 Å². The number of carboxylic acids is 1. The zero-order chi connectivity index (χ0) is 13.2. The van der Waals surface area contributed by atoms with Crippen molar-refractivity contribution in [3.05, 3.63) is 0 Å². The van der Waals surface area contributed by atoms with Crippen molar-refractivity contribution in [2.45, 2.75) is 38.8 Å². The Labute approximate surface area is 118 Å². The second kappa shape index (κ2) is 6.06. The van der Waals surface area contributed by atoms with Crippen LogP contribution >= 0.6 is 23.5 Å². The van der Waals surface area contributed by atoms with E-state index in [4.69, 9.17) is 5.11 Å². The zero-order valence-electron chi connectivity index (χ0n) is 11.2. The number of rotatable bonds is 3. The molecule has 2 atom stereocenters. The monoisotopic (exact) mass is 289 g/mol. The third kappa shape index (κ3) is 3.36. The Balaban J connectivity index is 2.09. The van der Waals surface area contributed by atoms with E-state index in [9.17, 15) is 4.79 Å². The highest BCUT2D eigenvalue weighted by Gasteiger charge is 2.40. The lowest BCUT2D eigenvalue weighted by Crippen LogP contribution is -2.56. The maximum atomic E-state index is 11.0. The lowest BCUT2D eigenvalue weighted by molar-refractivity contribution is -0.138. The van der Waals surface area contributed by atoms with Gasteiger partial charge in [-0.05, 0) is 17.6 Å². The minimum absolute atomic E-state index is 0.226. The number of carbonyl (C=O) groups is 1. The minimum atomic E-state index is -0.659. The van der Waals surface area contributed by atoms with Crippen LogP contribution in [0.3, 0.4) is 0 Å². The normalized spacial score (nSPS) is 33.2. The Morgan fingerprint density at radius 1 is 1.33 bits per heavy atom. The van der Waals surface area contributed by atoms with Crippen LogP contribution in [0, 0.1) is 5.41 Å². The van der Waals surface area contributed by atoms with Crippen LogP contribution in [-0.4, -0.2) is 57.6 Å². The summed E-state index contributed by atoms with van der Waals surface area (Å²) in [5.41, 5.74) is 0.323. The summed E-state index contributed by atoms with van der Waals surface area (Å²) < 4.78 is 0. The van der Waals surface area contributed by atoms with Gasteiger partial charge in [-0.15, -0.1) is 0 Å². The van der Waals surface area contributed by atoms with Gasteiger partial charge in [0.1, 0.15) is 0 Å². The fourth-order valence-electron chi connectivity index (χ4n) is 2.92. The lowest BCUT2D eigenvalue weighted by atomic mass is 9.80. The van der Waals surface area contributed by atoms with Gasteiger partial charge in [-0.3, -0.25) is 9.69 Å². The summed E-state index contributed by atoms with van der Waals surface area (Å²) in [4.78, 5) is 13.5. The standard InChI is InChI=1S/C13H23NO2S2/c1-13(2)3-5-17-9-11(13)14-4-6-18-8-10(14)7-12(15)16/h10-11H,3-9H2,1-2H3,(H,15,16). The summed E-state index contributed by atoms with van der Waals surface area (Å²) in [5.74, 6) is 3.87. The highest BCUT2D eigenvalue weighted by Crippen LogP contribution is 2.39. The van der Waals surface area contributed by atoms with Crippen molar-refractivity contribution in [1.82, 2.24) is 4.90 Å². The van der Waals surface area contributed by atoms with Gasteiger partial charge in [0.25, 0.3) is 0 Å². The van der Waals surface area contributed by atoms with Crippen molar-refractivity contribution in [3.8, 4) is 0 Å². The van der Waals surface area contributed by atoms with E-state index in [0.29, 0.717) is 17.9 Å². The molecule has 2 saturated heterocycles. The molecule has 0 aromatic heterocycles. The van der Waals surface area contributed by atoms with Crippen molar-refractivity contribution >= 4 is 29.5 Å². The zero-order valence-corrected chi connectivity index (χ0v) is 12.9. The van der Waals surface area contributed by atoms with Gasteiger partial charge in [0.05, 0.1) is 6.42 Å². The molecule has 0 amide bonds. The molecule has 2 fully saturated rings. The Bertz CT molecular complexity index is 309. The summed E-state index contributed by atoms with van der Waals surface area (Å²) in [7, 11) is 0. The number of hydrogen-bond donors (Lipinski definition) is 1. The summed E-state index contributed by atoms with van der Waals surface area (Å²) in [6.45, 7) is 5.74. The van der Waals surface area contributed by atoms with Crippen LogP contribution in [0.5, 0.6) is 0 Å². The molecule has 2 heterocycles.